The minimum absolute atomic E-state index is 0.153. The SMILES string of the molecule is CNC(=O)/C(C#N)=C(\C)c1ccc(-c2ccc3cc(N4CCOCC4)ccc3c2)s1. The van der Waals surface area contributed by atoms with E-state index in [9.17, 15) is 10.1 Å². The number of morpholine rings is 1. The molecule has 30 heavy (non-hydrogen) atoms. The lowest BCUT2D eigenvalue weighted by Gasteiger charge is -2.29. The number of amides is 1. The average molecular weight is 418 g/mol. The van der Waals surface area contributed by atoms with E-state index in [1.807, 2.05) is 25.1 Å². The number of hydrogen-bond acceptors (Lipinski definition) is 5. The van der Waals surface area contributed by atoms with Gasteiger partial charge in [0.2, 0.25) is 0 Å². The fourth-order valence-electron chi connectivity index (χ4n) is 3.65. The van der Waals surface area contributed by atoms with Crippen molar-refractivity contribution in [1.29, 1.82) is 5.26 Å². The molecule has 0 aliphatic carbocycles. The summed E-state index contributed by atoms with van der Waals surface area (Å²) in [4.78, 5) is 16.3. The van der Waals surface area contributed by atoms with Gasteiger partial charge in [-0.1, -0.05) is 18.2 Å². The molecule has 1 N–H and O–H groups in total. The van der Waals surface area contributed by atoms with Gasteiger partial charge in [-0.15, -0.1) is 11.3 Å². The smallest absolute Gasteiger partial charge is 0.262 e. The first-order valence-corrected chi connectivity index (χ1v) is 10.7. The van der Waals surface area contributed by atoms with Gasteiger partial charge in [0.25, 0.3) is 5.91 Å². The molecule has 1 aliphatic rings. The summed E-state index contributed by atoms with van der Waals surface area (Å²) in [7, 11) is 1.53. The monoisotopic (exact) mass is 417 g/mol. The Balaban J connectivity index is 1.63. The number of rotatable bonds is 4. The Morgan fingerprint density at radius 2 is 1.83 bits per heavy atom. The minimum Gasteiger partial charge on any atom is -0.378 e. The number of hydrogen-bond donors (Lipinski definition) is 1. The maximum atomic E-state index is 11.9. The van der Waals surface area contributed by atoms with E-state index in [4.69, 9.17) is 4.74 Å². The average Bonchev–Trinajstić information content (AvgIpc) is 3.29. The third-order valence-electron chi connectivity index (χ3n) is 5.40. The number of carbonyl (C=O) groups excluding carboxylic acids is 1. The second kappa shape index (κ2) is 8.70. The summed E-state index contributed by atoms with van der Waals surface area (Å²) in [5.74, 6) is -0.355. The van der Waals surface area contributed by atoms with E-state index >= 15 is 0 Å². The lowest BCUT2D eigenvalue weighted by atomic mass is 10.0. The molecule has 0 unspecified atom stereocenters. The van der Waals surface area contributed by atoms with Crippen LogP contribution in [0.1, 0.15) is 11.8 Å². The number of likely N-dealkylation sites (N-methyl/N-ethyl adjacent to an activating group) is 1. The molecule has 6 heteroatoms. The van der Waals surface area contributed by atoms with E-state index < -0.39 is 0 Å². The maximum absolute atomic E-state index is 11.9. The maximum Gasteiger partial charge on any atom is 0.262 e. The fraction of sp³-hybridized carbons (Fsp3) is 0.250. The highest BCUT2D eigenvalue weighted by molar-refractivity contribution is 7.16. The molecule has 1 fully saturated rings. The molecule has 3 aromatic rings. The van der Waals surface area contributed by atoms with Crippen molar-refractivity contribution in [2.75, 3.05) is 38.3 Å². The molecule has 1 amide bonds. The Labute approximate surface area is 180 Å². The molecule has 1 aliphatic heterocycles. The van der Waals surface area contributed by atoms with Crippen LogP contribution in [-0.2, 0) is 9.53 Å². The normalized spacial score (nSPS) is 14.9. The third kappa shape index (κ3) is 3.95. The summed E-state index contributed by atoms with van der Waals surface area (Å²) in [6.07, 6.45) is 0. The van der Waals surface area contributed by atoms with Crippen LogP contribution in [0.3, 0.4) is 0 Å². The van der Waals surface area contributed by atoms with Crippen LogP contribution >= 0.6 is 11.3 Å². The van der Waals surface area contributed by atoms with Gasteiger partial charge in [-0.2, -0.15) is 5.26 Å². The minimum atomic E-state index is -0.355. The number of thiophene rings is 1. The van der Waals surface area contributed by atoms with Crippen LogP contribution in [0.5, 0.6) is 0 Å². The van der Waals surface area contributed by atoms with Gasteiger partial charge in [-0.25, -0.2) is 0 Å². The predicted molar refractivity (Wildman–Crippen MR) is 123 cm³/mol. The van der Waals surface area contributed by atoms with E-state index in [2.05, 4.69) is 46.6 Å². The van der Waals surface area contributed by atoms with Gasteiger partial charge < -0.3 is 15.0 Å². The van der Waals surface area contributed by atoms with Gasteiger partial charge in [0.15, 0.2) is 0 Å². The second-order valence-electron chi connectivity index (χ2n) is 7.20. The summed E-state index contributed by atoms with van der Waals surface area (Å²) in [6.45, 7) is 5.22. The number of nitrogens with one attached hydrogen (secondary N) is 1. The Morgan fingerprint density at radius 1 is 1.10 bits per heavy atom. The highest BCUT2D eigenvalue weighted by Crippen LogP contribution is 2.35. The van der Waals surface area contributed by atoms with E-state index in [1.165, 1.54) is 23.5 Å². The molecule has 2 heterocycles. The largest absolute Gasteiger partial charge is 0.378 e. The van der Waals surface area contributed by atoms with E-state index in [-0.39, 0.29) is 11.5 Å². The molecule has 0 radical (unpaired) electrons. The first kappa shape index (κ1) is 20.1. The summed E-state index contributed by atoms with van der Waals surface area (Å²) in [5, 5.41) is 14.3. The summed E-state index contributed by atoms with van der Waals surface area (Å²) < 4.78 is 5.45. The number of nitrogens with zero attached hydrogens (tertiary/aromatic N) is 2. The van der Waals surface area contributed by atoms with Gasteiger partial charge in [-0.05, 0) is 59.2 Å². The molecule has 0 saturated carbocycles. The van der Waals surface area contributed by atoms with E-state index in [0.717, 1.165) is 41.6 Å². The number of ether oxygens (including phenoxy) is 1. The van der Waals surface area contributed by atoms with Crippen molar-refractivity contribution in [1.82, 2.24) is 5.32 Å². The molecular formula is C24H23N3O2S. The van der Waals surface area contributed by atoms with Crippen molar-refractivity contribution >= 4 is 39.3 Å². The molecule has 4 rings (SSSR count). The molecule has 0 spiro atoms. The molecule has 1 aromatic heterocycles. The second-order valence-corrected chi connectivity index (χ2v) is 8.28. The predicted octanol–water partition coefficient (Wildman–Crippen LogP) is 4.45. The number of allylic oxidation sites excluding steroid dienone is 1. The van der Waals surface area contributed by atoms with Crippen molar-refractivity contribution in [3.05, 3.63) is 59.0 Å². The molecule has 2 aromatic carbocycles. The number of carbonyl (C=O) groups is 1. The van der Waals surface area contributed by atoms with E-state index in [0.29, 0.717) is 5.57 Å². The molecule has 0 bridgehead atoms. The zero-order chi connectivity index (χ0) is 21.1. The van der Waals surface area contributed by atoms with Crippen LogP contribution in [0.4, 0.5) is 5.69 Å². The van der Waals surface area contributed by atoms with E-state index in [1.54, 1.807) is 11.3 Å². The van der Waals surface area contributed by atoms with Gasteiger partial charge in [0, 0.05) is 35.6 Å². The first-order valence-electron chi connectivity index (χ1n) is 9.91. The van der Waals surface area contributed by atoms with Gasteiger partial charge in [-0.3, -0.25) is 4.79 Å². The molecular weight excluding hydrogens is 394 g/mol. The molecule has 1 saturated heterocycles. The Bertz CT molecular complexity index is 1170. The summed E-state index contributed by atoms with van der Waals surface area (Å²) >= 11 is 1.59. The quantitative estimate of drug-likeness (QED) is 0.503. The van der Waals surface area contributed by atoms with Crippen molar-refractivity contribution in [3.63, 3.8) is 0 Å². The topological polar surface area (TPSA) is 65.4 Å². The zero-order valence-corrected chi connectivity index (χ0v) is 17.9. The van der Waals surface area contributed by atoms with Gasteiger partial charge in [0.05, 0.1) is 13.2 Å². The van der Waals surface area contributed by atoms with Gasteiger partial charge >= 0.3 is 0 Å². The highest BCUT2D eigenvalue weighted by Gasteiger charge is 2.15. The van der Waals surface area contributed by atoms with Crippen LogP contribution in [0.2, 0.25) is 0 Å². The number of fused-ring (bicyclic) bond motifs is 1. The van der Waals surface area contributed by atoms with Crippen molar-refractivity contribution in [2.24, 2.45) is 0 Å². The van der Waals surface area contributed by atoms with Crippen molar-refractivity contribution in [2.45, 2.75) is 6.92 Å². The van der Waals surface area contributed by atoms with Crippen LogP contribution in [0.25, 0.3) is 26.8 Å². The number of anilines is 1. The summed E-state index contributed by atoms with van der Waals surface area (Å²) in [5.41, 5.74) is 3.21. The molecule has 0 atom stereocenters. The summed E-state index contributed by atoms with van der Waals surface area (Å²) in [6, 6.07) is 19.1. The lowest BCUT2D eigenvalue weighted by molar-refractivity contribution is -0.116. The highest BCUT2D eigenvalue weighted by atomic mass is 32.1. The number of nitriles is 1. The third-order valence-corrected chi connectivity index (χ3v) is 6.65. The van der Waals surface area contributed by atoms with Crippen LogP contribution in [0.15, 0.2) is 54.1 Å². The Morgan fingerprint density at radius 3 is 2.57 bits per heavy atom. The molecule has 5 nitrogen and oxygen atoms in total. The standard InChI is InChI=1S/C24H23N3O2S/c1-16(21(15-25)24(28)26-2)22-7-8-23(30-22)19-4-3-18-14-20(6-5-17(18)13-19)27-9-11-29-12-10-27/h3-8,13-14H,9-12H2,1-2H3,(H,26,28)/b21-16+. The van der Waals surface area contributed by atoms with Crippen LogP contribution in [0, 0.1) is 11.3 Å². The first-order chi connectivity index (χ1) is 14.6. The number of benzene rings is 2. The Kier molecular flexibility index (Phi) is 5.84. The van der Waals surface area contributed by atoms with Gasteiger partial charge in [0.1, 0.15) is 11.6 Å². The zero-order valence-electron chi connectivity index (χ0n) is 17.1. The van der Waals surface area contributed by atoms with Crippen molar-refractivity contribution < 1.29 is 9.53 Å². The van der Waals surface area contributed by atoms with Crippen LogP contribution < -0.4 is 10.2 Å². The Hall–Kier alpha value is -3.14. The van der Waals surface area contributed by atoms with Crippen LogP contribution in [-0.4, -0.2) is 39.3 Å². The lowest BCUT2D eigenvalue weighted by Crippen LogP contribution is -2.36. The molecule has 152 valence electrons. The fourth-order valence-corrected chi connectivity index (χ4v) is 4.66. The van der Waals surface area contributed by atoms with Crippen molar-refractivity contribution in [3.8, 4) is 16.5 Å².